The molecular weight excluding hydrogens is 262 g/mol. The molecule has 3 nitrogen and oxygen atoms in total. The van der Waals surface area contributed by atoms with Gasteiger partial charge in [-0.25, -0.2) is 0 Å². The SMILES string of the molecule is CCc1ccc(C(=O)c2c[nH]c3cccc(Cl)c23)o1. The molecule has 19 heavy (non-hydrogen) atoms. The summed E-state index contributed by atoms with van der Waals surface area (Å²) in [5.41, 5.74) is 1.38. The standard InChI is InChI=1S/C15H12ClNO2/c1-2-9-6-7-13(19-9)15(18)10-8-17-12-5-3-4-11(16)14(10)12/h3-8,17H,2H2,1H3. The van der Waals surface area contributed by atoms with Gasteiger partial charge in [0.15, 0.2) is 5.76 Å². The predicted octanol–water partition coefficient (Wildman–Crippen LogP) is 4.21. The molecule has 0 unspecified atom stereocenters. The van der Waals surface area contributed by atoms with E-state index in [0.29, 0.717) is 16.3 Å². The zero-order chi connectivity index (χ0) is 13.4. The van der Waals surface area contributed by atoms with Crippen LogP contribution in [0.15, 0.2) is 40.9 Å². The Bertz CT molecular complexity index is 754. The number of rotatable bonds is 3. The number of fused-ring (bicyclic) bond motifs is 1. The van der Waals surface area contributed by atoms with Crippen LogP contribution < -0.4 is 0 Å². The molecule has 0 aliphatic heterocycles. The lowest BCUT2D eigenvalue weighted by Crippen LogP contribution is -1.98. The lowest BCUT2D eigenvalue weighted by molar-refractivity contribution is 0.101. The molecule has 1 N–H and O–H groups in total. The molecule has 0 amide bonds. The summed E-state index contributed by atoms with van der Waals surface area (Å²) < 4.78 is 5.50. The van der Waals surface area contributed by atoms with Crippen LogP contribution in [0.5, 0.6) is 0 Å². The molecule has 2 heterocycles. The minimum atomic E-state index is -0.154. The van der Waals surface area contributed by atoms with Crippen molar-refractivity contribution < 1.29 is 9.21 Å². The first-order valence-electron chi connectivity index (χ1n) is 6.09. The number of aryl methyl sites for hydroxylation is 1. The maximum Gasteiger partial charge on any atom is 0.230 e. The molecule has 96 valence electrons. The molecule has 3 rings (SSSR count). The highest BCUT2D eigenvalue weighted by atomic mass is 35.5. The lowest BCUT2D eigenvalue weighted by atomic mass is 10.1. The van der Waals surface area contributed by atoms with Crippen LogP contribution in [0.4, 0.5) is 0 Å². The van der Waals surface area contributed by atoms with Gasteiger partial charge in [0.1, 0.15) is 5.76 Å². The topological polar surface area (TPSA) is 46.0 Å². The Kier molecular flexibility index (Phi) is 2.91. The maximum atomic E-state index is 12.4. The number of nitrogens with one attached hydrogen (secondary N) is 1. The fourth-order valence-electron chi connectivity index (χ4n) is 2.14. The fourth-order valence-corrected chi connectivity index (χ4v) is 2.42. The number of hydrogen-bond acceptors (Lipinski definition) is 2. The van der Waals surface area contributed by atoms with E-state index in [9.17, 15) is 4.79 Å². The van der Waals surface area contributed by atoms with Gasteiger partial charge in [0, 0.05) is 23.5 Å². The molecule has 0 saturated carbocycles. The van der Waals surface area contributed by atoms with Gasteiger partial charge in [0.25, 0.3) is 0 Å². The van der Waals surface area contributed by atoms with E-state index in [1.807, 2.05) is 25.1 Å². The molecule has 0 fully saturated rings. The number of aromatic nitrogens is 1. The molecule has 0 spiro atoms. The first-order valence-corrected chi connectivity index (χ1v) is 6.47. The van der Waals surface area contributed by atoms with Gasteiger partial charge in [0.05, 0.1) is 10.6 Å². The normalized spacial score (nSPS) is 11.1. The van der Waals surface area contributed by atoms with Crippen molar-refractivity contribution in [2.45, 2.75) is 13.3 Å². The van der Waals surface area contributed by atoms with Crippen LogP contribution in [0, 0.1) is 0 Å². The lowest BCUT2D eigenvalue weighted by Gasteiger charge is -1.98. The van der Waals surface area contributed by atoms with E-state index in [2.05, 4.69) is 4.98 Å². The zero-order valence-corrected chi connectivity index (χ0v) is 11.1. The van der Waals surface area contributed by atoms with Crippen LogP contribution in [0.25, 0.3) is 10.9 Å². The van der Waals surface area contributed by atoms with E-state index in [-0.39, 0.29) is 5.78 Å². The molecule has 0 radical (unpaired) electrons. The molecule has 0 aliphatic rings. The van der Waals surface area contributed by atoms with Crippen molar-refractivity contribution in [3.8, 4) is 0 Å². The van der Waals surface area contributed by atoms with E-state index in [4.69, 9.17) is 16.0 Å². The summed E-state index contributed by atoms with van der Waals surface area (Å²) >= 11 is 6.16. The molecule has 4 heteroatoms. The third kappa shape index (κ3) is 1.96. The van der Waals surface area contributed by atoms with E-state index < -0.39 is 0 Å². The van der Waals surface area contributed by atoms with Crippen LogP contribution in [0.1, 0.15) is 28.8 Å². The molecule has 2 aromatic heterocycles. The number of aromatic amines is 1. The second-order valence-electron chi connectivity index (χ2n) is 4.31. The van der Waals surface area contributed by atoms with Crippen molar-refractivity contribution in [1.29, 1.82) is 0 Å². The third-order valence-electron chi connectivity index (χ3n) is 3.13. The highest BCUT2D eigenvalue weighted by Gasteiger charge is 2.18. The van der Waals surface area contributed by atoms with Gasteiger partial charge >= 0.3 is 0 Å². The van der Waals surface area contributed by atoms with Gasteiger partial charge in [-0.1, -0.05) is 24.6 Å². The molecular formula is C15H12ClNO2. The zero-order valence-electron chi connectivity index (χ0n) is 10.4. The van der Waals surface area contributed by atoms with Crippen molar-refractivity contribution >= 4 is 28.3 Å². The first kappa shape index (κ1) is 12.1. The molecule has 3 aromatic rings. The van der Waals surface area contributed by atoms with Crippen molar-refractivity contribution in [1.82, 2.24) is 4.98 Å². The van der Waals surface area contributed by atoms with Crippen molar-refractivity contribution in [3.63, 3.8) is 0 Å². The van der Waals surface area contributed by atoms with Crippen LogP contribution >= 0.6 is 11.6 Å². The van der Waals surface area contributed by atoms with Crippen LogP contribution in [0.3, 0.4) is 0 Å². The van der Waals surface area contributed by atoms with Gasteiger partial charge in [-0.2, -0.15) is 0 Å². The second kappa shape index (κ2) is 4.59. The van der Waals surface area contributed by atoms with Crippen molar-refractivity contribution in [3.05, 3.63) is 58.6 Å². The number of hydrogen-bond donors (Lipinski definition) is 1. The largest absolute Gasteiger partial charge is 0.458 e. The Morgan fingerprint density at radius 1 is 1.32 bits per heavy atom. The predicted molar refractivity (Wildman–Crippen MR) is 74.8 cm³/mol. The number of ketones is 1. The Morgan fingerprint density at radius 2 is 2.16 bits per heavy atom. The Morgan fingerprint density at radius 3 is 2.89 bits per heavy atom. The summed E-state index contributed by atoms with van der Waals surface area (Å²) in [6.45, 7) is 1.98. The molecule has 0 bridgehead atoms. The average Bonchev–Trinajstić information content (AvgIpc) is 3.05. The monoisotopic (exact) mass is 273 g/mol. The smallest absolute Gasteiger partial charge is 0.230 e. The number of benzene rings is 1. The van der Waals surface area contributed by atoms with E-state index in [0.717, 1.165) is 23.1 Å². The van der Waals surface area contributed by atoms with E-state index >= 15 is 0 Å². The fraction of sp³-hybridized carbons (Fsp3) is 0.133. The summed E-state index contributed by atoms with van der Waals surface area (Å²) in [6, 6.07) is 9.03. The molecule has 0 saturated heterocycles. The van der Waals surface area contributed by atoms with Gasteiger partial charge in [-0.05, 0) is 24.3 Å². The van der Waals surface area contributed by atoms with Crippen LogP contribution in [0.2, 0.25) is 5.02 Å². The summed E-state index contributed by atoms with van der Waals surface area (Å²) in [5, 5.41) is 1.30. The number of furan rings is 1. The second-order valence-corrected chi connectivity index (χ2v) is 4.72. The van der Waals surface area contributed by atoms with Gasteiger partial charge in [0.2, 0.25) is 5.78 Å². The number of carbonyl (C=O) groups excluding carboxylic acids is 1. The summed E-state index contributed by atoms with van der Waals surface area (Å²) in [4.78, 5) is 15.5. The first-order chi connectivity index (χ1) is 9.20. The summed E-state index contributed by atoms with van der Waals surface area (Å²) in [7, 11) is 0. The highest BCUT2D eigenvalue weighted by Crippen LogP contribution is 2.28. The maximum absolute atomic E-state index is 12.4. The number of carbonyl (C=O) groups is 1. The van der Waals surface area contributed by atoms with Crippen LogP contribution in [-0.2, 0) is 6.42 Å². The summed E-state index contributed by atoms with van der Waals surface area (Å²) in [5.74, 6) is 0.992. The molecule has 0 aliphatic carbocycles. The summed E-state index contributed by atoms with van der Waals surface area (Å²) in [6.07, 6.45) is 2.44. The van der Waals surface area contributed by atoms with Crippen molar-refractivity contribution in [2.75, 3.05) is 0 Å². The van der Waals surface area contributed by atoms with Gasteiger partial charge in [-0.3, -0.25) is 4.79 Å². The molecule has 1 aromatic carbocycles. The Balaban J connectivity index is 2.11. The third-order valence-corrected chi connectivity index (χ3v) is 3.45. The van der Waals surface area contributed by atoms with Gasteiger partial charge in [-0.15, -0.1) is 0 Å². The minimum absolute atomic E-state index is 0.154. The number of H-pyrrole nitrogens is 1. The highest BCUT2D eigenvalue weighted by molar-refractivity contribution is 6.37. The Hall–Kier alpha value is -2.00. The average molecular weight is 274 g/mol. The van der Waals surface area contributed by atoms with Gasteiger partial charge < -0.3 is 9.40 Å². The van der Waals surface area contributed by atoms with E-state index in [1.54, 1.807) is 18.3 Å². The number of halogens is 1. The Labute approximate surface area is 115 Å². The quantitative estimate of drug-likeness (QED) is 0.727. The minimum Gasteiger partial charge on any atom is -0.458 e. The van der Waals surface area contributed by atoms with Crippen molar-refractivity contribution in [2.24, 2.45) is 0 Å². The molecule has 0 atom stereocenters. The van der Waals surface area contributed by atoms with E-state index in [1.165, 1.54) is 0 Å². The van der Waals surface area contributed by atoms with Crippen LogP contribution in [-0.4, -0.2) is 10.8 Å².